The number of hydrogen-bond donors (Lipinski definition) is 0. The molecule has 0 spiro atoms. The maximum atomic E-state index is 11.5. The first-order valence-electron chi connectivity index (χ1n) is 3.72. The van der Waals surface area contributed by atoms with Gasteiger partial charge in [0.05, 0.1) is 5.03 Å². The number of halogens is 1. The molecule has 1 aliphatic carbocycles. The number of benzene rings is 1. The molecule has 0 amide bonds. The highest BCUT2D eigenvalue weighted by Crippen LogP contribution is 2.34. The van der Waals surface area contributed by atoms with Crippen LogP contribution >= 0.6 is 11.6 Å². The van der Waals surface area contributed by atoms with Crippen LogP contribution in [0.25, 0.3) is 5.03 Å². The molecule has 0 unspecified atom stereocenters. The molecule has 0 fully saturated rings. The summed E-state index contributed by atoms with van der Waals surface area (Å²) in [5.74, 6) is 0.0515. The molecule has 0 bridgehead atoms. The van der Waals surface area contributed by atoms with Crippen LogP contribution in [-0.2, 0) is 0 Å². The monoisotopic (exact) mass is 178 g/mol. The van der Waals surface area contributed by atoms with Crippen LogP contribution in [0.5, 0.6) is 0 Å². The molecule has 1 aromatic rings. The molecular weight excluding hydrogens is 172 g/mol. The van der Waals surface area contributed by atoms with Crippen LogP contribution in [-0.4, -0.2) is 5.78 Å². The van der Waals surface area contributed by atoms with Crippen molar-refractivity contribution in [2.45, 2.75) is 6.92 Å². The van der Waals surface area contributed by atoms with Crippen LogP contribution in [0.2, 0.25) is 0 Å². The summed E-state index contributed by atoms with van der Waals surface area (Å²) < 4.78 is 0. The molecule has 0 saturated carbocycles. The fourth-order valence-electron chi connectivity index (χ4n) is 1.38. The number of ketones is 1. The van der Waals surface area contributed by atoms with E-state index < -0.39 is 0 Å². The molecule has 0 N–H and O–H groups in total. The summed E-state index contributed by atoms with van der Waals surface area (Å²) in [4.78, 5) is 11.5. The van der Waals surface area contributed by atoms with E-state index in [-0.39, 0.29) is 5.78 Å². The Morgan fingerprint density at radius 1 is 1.17 bits per heavy atom. The van der Waals surface area contributed by atoms with E-state index in [9.17, 15) is 4.79 Å². The molecule has 0 radical (unpaired) electrons. The molecule has 0 saturated heterocycles. The zero-order valence-corrected chi connectivity index (χ0v) is 7.35. The van der Waals surface area contributed by atoms with Gasteiger partial charge < -0.3 is 0 Å². The van der Waals surface area contributed by atoms with Gasteiger partial charge in [-0.3, -0.25) is 4.79 Å². The summed E-state index contributed by atoms with van der Waals surface area (Å²) in [6.45, 7) is 1.75. The van der Waals surface area contributed by atoms with Crippen molar-refractivity contribution < 1.29 is 4.79 Å². The third kappa shape index (κ3) is 0.833. The van der Waals surface area contributed by atoms with Gasteiger partial charge >= 0.3 is 0 Å². The molecular formula is C10H7ClO. The van der Waals surface area contributed by atoms with Crippen molar-refractivity contribution in [2.75, 3.05) is 0 Å². The fourth-order valence-corrected chi connectivity index (χ4v) is 1.63. The van der Waals surface area contributed by atoms with Crippen molar-refractivity contribution >= 4 is 22.4 Å². The van der Waals surface area contributed by atoms with E-state index in [1.54, 1.807) is 13.0 Å². The molecule has 0 heterocycles. The lowest BCUT2D eigenvalue weighted by Crippen LogP contribution is -1.94. The van der Waals surface area contributed by atoms with E-state index in [1.165, 1.54) is 0 Å². The Hall–Kier alpha value is -1.08. The number of Topliss-reactive ketones (excluding diaryl/α,β-unsaturated/α-hetero) is 1. The van der Waals surface area contributed by atoms with Gasteiger partial charge in [0.15, 0.2) is 5.78 Å². The van der Waals surface area contributed by atoms with Crippen molar-refractivity contribution in [2.24, 2.45) is 0 Å². The van der Waals surface area contributed by atoms with Crippen LogP contribution in [0.1, 0.15) is 22.8 Å². The molecule has 60 valence electrons. The van der Waals surface area contributed by atoms with Gasteiger partial charge in [-0.2, -0.15) is 0 Å². The summed E-state index contributed by atoms with van der Waals surface area (Å²) in [6, 6.07) is 7.40. The Morgan fingerprint density at radius 2 is 1.75 bits per heavy atom. The molecule has 1 nitrogen and oxygen atoms in total. The Labute approximate surface area is 75.7 Å². The van der Waals surface area contributed by atoms with Gasteiger partial charge in [-0.05, 0) is 6.92 Å². The van der Waals surface area contributed by atoms with Gasteiger partial charge in [0.2, 0.25) is 0 Å². The first-order chi connectivity index (χ1) is 5.72. The number of fused-ring (bicyclic) bond motifs is 1. The van der Waals surface area contributed by atoms with Crippen LogP contribution in [0.4, 0.5) is 0 Å². The van der Waals surface area contributed by atoms with Gasteiger partial charge in [-0.1, -0.05) is 35.9 Å². The zero-order chi connectivity index (χ0) is 8.72. The lowest BCUT2D eigenvalue weighted by molar-refractivity contribution is 0.103. The highest BCUT2D eigenvalue weighted by molar-refractivity contribution is 6.54. The maximum absolute atomic E-state index is 11.5. The average Bonchev–Trinajstić information content (AvgIpc) is 2.33. The van der Waals surface area contributed by atoms with E-state index >= 15 is 0 Å². The van der Waals surface area contributed by atoms with Gasteiger partial charge in [-0.15, -0.1) is 0 Å². The number of rotatable bonds is 0. The summed E-state index contributed by atoms with van der Waals surface area (Å²) in [7, 11) is 0. The van der Waals surface area contributed by atoms with Gasteiger partial charge in [-0.25, -0.2) is 0 Å². The normalized spacial score (nSPS) is 15.3. The van der Waals surface area contributed by atoms with E-state index in [0.29, 0.717) is 10.6 Å². The second-order valence-electron chi connectivity index (χ2n) is 2.81. The number of allylic oxidation sites excluding steroid dienone is 1. The van der Waals surface area contributed by atoms with E-state index in [2.05, 4.69) is 0 Å². The predicted molar refractivity (Wildman–Crippen MR) is 49.2 cm³/mol. The first kappa shape index (κ1) is 7.56. The van der Waals surface area contributed by atoms with Crippen molar-refractivity contribution in [3.63, 3.8) is 0 Å². The Balaban J connectivity index is 2.73. The minimum atomic E-state index is 0.0515. The maximum Gasteiger partial charge on any atom is 0.190 e. The summed E-state index contributed by atoms with van der Waals surface area (Å²) in [5, 5.41) is 0.593. The topological polar surface area (TPSA) is 17.1 Å². The van der Waals surface area contributed by atoms with Crippen LogP contribution in [0, 0.1) is 0 Å². The smallest absolute Gasteiger partial charge is 0.190 e. The van der Waals surface area contributed by atoms with Crippen LogP contribution in [0.15, 0.2) is 29.8 Å². The largest absolute Gasteiger partial charge is 0.289 e. The second-order valence-corrected chi connectivity index (χ2v) is 3.19. The quantitative estimate of drug-likeness (QED) is 0.597. The third-order valence-electron chi connectivity index (χ3n) is 2.08. The second kappa shape index (κ2) is 2.46. The van der Waals surface area contributed by atoms with Crippen molar-refractivity contribution in [3.05, 3.63) is 41.0 Å². The SMILES string of the molecule is CC1=C(Cl)c2ccccc2C1=O. The number of carbonyl (C=O) groups excluding carboxylic acids is 1. The predicted octanol–water partition coefficient (Wildman–Crippen LogP) is 2.85. The van der Waals surface area contributed by atoms with Crippen molar-refractivity contribution in [1.82, 2.24) is 0 Å². The Morgan fingerprint density at radius 3 is 2.33 bits per heavy atom. The van der Waals surface area contributed by atoms with Crippen molar-refractivity contribution in [3.8, 4) is 0 Å². The average molecular weight is 179 g/mol. The Bertz CT molecular complexity index is 391. The minimum absolute atomic E-state index is 0.0515. The van der Waals surface area contributed by atoms with Crippen LogP contribution in [0.3, 0.4) is 0 Å². The van der Waals surface area contributed by atoms with E-state index in [1.807, 2.05) is 18.2 Å². The summed E-state index contributed by atoms with van der Waals surface area (Å²) in [6.07, 6.45) is 0. The third-order valence-corrected chi connectivity index (χ3v) is 2.57. The first-order valence-corrected chi connectivity index (χ1v) is 4.10. The van der Waals surface area contributed by atoms with Crippen LogP contribution < -0.4 is 0 Å². The summed E-state index contributed by atoms with van der Waals surface area (Å²) >= 11 is 5.95. The molecule has 2 rings (SSSR count). The molecule has 12 heavy (non-hydrogen) atoms. The number of hydrogen-bond acceptors (Lipinski definition) is 1. The van der Waals surface area contributed by atoms with Crippen molar-refractivity contribution in [1.29, 1.82) is 0 Å². The van der Waals surface area contributed by atoms with Gasteiger partial charge in [0, 0.05) is 16.7 Å². The molecule has 0 aromatic heterocycles. The van der Waals surface area contributed by atoms with E-state index in [4.69, 9.17) is 11.6 Å². The zero-order valence-electron chi connectivity index (χ0n) is 6.60. The Kier molecular flexibility index (Phi) is 1.55. The molecule has 1 aromatic carbocycles. The van der Waals surface area contributed by atoms with E-state index in [0.717, 1.165) is 11.1 Å². The standard InChI is InChI=1S/C10H7ClO/c1-6-9(11)7-4-2-3-5-8(7)10(6)12/h2-5H,1H3. The molecule has 2 heteroatoms. The molecule has 1 aliphatic rings. The highest BCUT2D eigenvalue weighted by Gasteiger charge is 2.24. The lowest BCUT2D eigenvalue weighted by Gasteiger charge is -1.94. The lowest BCUT2D eigenvalue weighted by atomic mass is 10.1. The summed E-state index contributed by atoms with van der Waals surface area (Å²) in [5.41, 5.74) is 2.24. The van der Waals surface area contributed by atoms with Gasteiger partial charge in [0.1, 0.15) is 0 Å². The molecule has 0 aliphatic heterocycles. The molecule has 0 atom stereocenters. The minimum Gasteiger partial charge on any atom is -0.289 e. The highest BCUT2D eigenvalue weighted by atomic mass is 35.5. The van der Waals surface area contributed by atoms with Gasteiger partial charge in [0.25, 0.3) is 0 Å². The number of carbonyl (C=O) groups is 1. The fraction of sp³-hybridized carbons (Fsp3) is 0.100.